The quantitative estimate of drug-likeness (QED) is 0.815. The highest BCUT2D eigenvalue weighted by atomic mass is 16.5. The molecule has 1 spiro atoms. The molecule has 4 nitrogen and oxygen atoms in total. The Bertz CT molecular complexity index is 491. The van der Waals surface area contributed by atoms with Crippen molar-refractivity contribution in [1.82, 2.24) is 0 Å². The number of carbonyl (C=O) groups is 1. The summed E-state index contributed by atoms with van der Waals surface area (Å²) in [4.78, 5) is 12.5. The zero-order valence-corrected chi connectivity index (χ0v) is 11.3. The number of ether oxygens (including phenoxy) is 1. The summed E-state index contributed by atoms with van der Waals surface area (Å²) in [7, 11) is 1.63. The normalized spacial score (nSPS) is 21.0. The van der Waals surface area contributed by atoms with Crippen molar-refractivity contribution in [2.45, 2.75) is 44.1 Å². The molecule has 19 heavy (non-hydrogen) atoms. The van der Waals surface area contributed by atoms with Gasteiger partial charge in [-0.1, -0.05) is 25.7 Å². The first-order valence-electron chi connectivity index (χ1n) is 7.01. The Morgan fingerprint density at radius 3 is 2.53 bits per heavy atom. The SMILES string of the molecule is COc1ccc2c(c1)NC(=O)C1(CCCCCC1)N2. The molecule has 1 aliphatic heterocycles. The van der Waals surface area contributed by atoms with Crippen molar-refractivity contribution in [2.24, 2.45) is 0 Å². The van der Waals surface area contributed by atoms with Crippen LogP contribution in [0.2, 0.25) is 0 Å². The topological polar surface area (TPSA) is 50.4 Å². The molecule has 2 aliphatic rings. The van der Waals surface area contributed by atoms with Gasteiger partial charge in [-0.25, -0.2) is 0 Å². The minimum atomic E-state index is -0.405. The fourth-order valence-corrected chi connectivity index (χ4v) is 3.10. The first kappa shape index (κ1) is 12.3. The van der Waals surface area contributed by atoms with Gasteiger partial charge in [0.15, 0.2) is 0 Å². The van der Waals surface area contributed by atoms with E-state index in [0.29, 0.717) is 0 Å². The van der Waals surface area contributed by atoms with Crippen molar-refractivity contribution in [3.63, 3.8) is 0 Å². The zero-order chi connectivity index (χ0) is 13.3. The van der Waals surface area contributed by atoms with Crippen LogP contribution in [0.1, 0.15) is 38.5 Å². The average molecular weight is 260 g/mol. The highest BCUT2D eigenvalue weighted by molar-refractivity contribution is 6.06. The van der Waals surface area contributed by atoms with E-state index in [2.05, 4.69) is 10.6 Å². The van der Waals surface area contributed by atoms with Gasteiger partial charge in [-0.3, -0.25) is 4.79 Å². The summed E-state index contributed by atoms with van der Waals surface area (Å²) < 4.78 is 5.19. The molecule has 0 aromatic heterocycles. The smallest absolute Gasteiger partial charge is 0.250 e. The van der Waals surface area contributed by atoms with Gasteiger partial charge in [0, 0.05) is 6.07 Å². The van der Waals surface area contributed by atoms with Gasteiger partial charge in [0.1, 0.15) is 11.3 Å². The molecule has 0 bridgehead atoms. The molecule has 0 atom stereocenters. The summed E-state index contributed by atoms with van der Waals surface area (Å²) in [5.41, 5.74) is 1.42. The Kier molecular flexibility index (Phi) is 3.09. The van der Waals surface area contributed by atoms with Crippen LogP contribution < -0.4 is 15.4 Å². The number of anilines is 2. The molecule has 0 saturated heterocycles. The molecule has 4 heteroatoms. The van der Waals surface area contributed by atoms with Gasteiger partial charge in [-0.05, 0) is 25.0 Å². The summed E-state index contributed by atoms with van der Waals surface area (Å²) in [6.45, 7) is 0. The highest BCUT2D eigenvalue weighted by Gasteiger charge is 2.41. The van der Waals surface area contributed by atoms with Crippen LogP contribution in [0, 0.1) is 0 Å². The number of carbonyl (C=O) groups excluding carboxylic acids is 1. The van der Waals surface area contributed by atoms with Crippen LogP contribution >= 0.6 is 0 Å². The minimum absolute atomic E-state index is 0.107. The number of rotatable bonds is 1. The molecule has 1 aromatic carbocycles. The van der Waals surface area contributed by atoms with Crippen LogP contribution in [0.4, 0.5) is 11.4 Å². The fraction of sp³-hybridized carbons (Fsp3) is 0.533. The van der Waals surface area contributed by atoms with E-state index in [1.165, 1.54) is 12.8 Å². The molecule has 1 heterocycles. The van der Waals surface area contributed by atoms with Crippen LogP contribution in [-0.2, 0) is 4.79 Å². The molecule has 3 rings (SSSR count). The van der Waals surface area contributed by atoms with E-state index in [1.54, 1.807) is 7.11 Å². The van der Waals surface area contributed by atoms with E-state index in [-0.39, 0.29) is 5.91 Å². The van der Waals surface area contributed by atoms with Gasteiger partial charge >= 0.3 is 0 Å². The number of hydrogen-bond donors (Lipinski definition) is 2. The molecule has 1 amide bonds. The van der Waals surface area contributed by atoms with E-state index < -0.39 is 5.54 Å². The summed E-state index contributed by atoms with van der Waals surface area (Å²) in [6.07, 6.45) is 6.53. The lowest BCUT2D eigenvalue weighted by Crippen LogP contribution is -2.52. The number of amides is 1. The largest absolute Gasteiger partial charge is 0.497 e. The van der Waals surface area contributed by atoms with Crippen LogP contribution in [0.5, 0.6) is 5.75 Å². The molecule has 1 saturated carbocycles. The van der Waals surface area contributed by atoms with Gasteiger partial charge in [-0.15, -0.1) is 0 Å². The van der Waals surface area contributed by atoms with E-state index in [1.807, 2.05) is 18.2 Å². The number of hydrogen-bond acceptors (Lipinski definition) is 3. The van der Waals surface area contributed by atoms with Crippen molar-refractivity contribution < 1.29 is 9.53 Å². The third-order valence-electron chi connectivity index (χ3n) is 4.24. The number of fused-ring (bicyclic) bond motifs is 1. The molecular weight excluding hydrogens is 240 g/mol. The lowest BCUT2D eigenvalue weighted by Gasteiger charge is -2.38. The van der Waals surface area contributed by atoms with Crippen LogP contribution in [0.25, 0.3) is 0 Å². The van der Waals surface area contributed by atoms with Crippen molar-refractivity contribution in [1.29, 1.82) is 0 Å². The Morgan fingerprint density at radius 1 is 1.11 bits per heavy atom. The fourth-order valence-electron chi connectivity index (χ4n) is 3.10. The molecule has 1 fully saturated rings. The van der Waals surface area contributed by atoms with E-state index in [4.69, 9.17) is 4.74 Å². The number of nitrogens with one attached hydrogen (secondary N) is 2. The van der Waals surface area contributed by atoms with Crippen molar-refractivity contribution >= 4 is 17.3 Å². The van der Waals surface area contributed by atoms with Gasteiger partial charge in [0.2, 0.25) is 5.91 Å². The maximum Gasteiger partial charge on any atom is 0.250 e. The maximum absolute atomic E-state index is 12.5. The molecule has 102 valence electrons. The minimum Gasteiger partial charge on any atom is -0.497 e. The van der Waals surface area contributed by atoms with Gasteiger partial charge in [-0.2, -0.15) is 0 Å². The molecule has 0 unspecified atom stereocenters. The van der Waals surface area contributed by atoms with E-state index >= 15 is 0 Å². The molecule has 1 aromatic rings. The van der Waals surface area contributed by atoms with Crippen molar-refractivity contribution in [3.8, 4) is 5.75 Å². The first-order valence-corrected chi connectivity index (χ1v) is 7.01. The molecular formula is C15H20N2O2. The molecule has 2 N–H and O–H groups in total. The number of methoxy groups -OCH3 is 1. The van der Waals surface area contributed by atoms with Gasteiger partial charge in [0.25, 0.3) is 0 Å². The lowest BCUT2D eigenvalue weighted by molar-refractivity contribution is -0.121. The van der Waals surface area contributed by atoms with Crippen LogP contribution in [0.15, 0.2) is 18.2 Å². The molecule has 0 radical (unpaired) electrons. The van der Waals surface area contributed by atoms with E-state index in [0.717, 1.165) is 42.8 Å². The Hall–Kier alpha value is -1.71. The third kappa shape index (κ3) is 2.15. The Morgan fingerprint density at radius 2 is 1.84 bits per heavy atom. The predicted octanol–water partition coefficient (Wildman–Crippen LogP) is 3.15. The summed E-state index contributed by atoms with van der Waals surface area (Å²) >= 11 is 0. The monoisotopic (exact) mass is 260 g/mol. The second kappa shape index (κ2) is 4.76. The van der Waals surface area contributed by atoms with Crippen molar-refractivity contribution in [3.05, 3.63) is 18.2 Å². The second-order valence-corrected chi connectivity index (χ2v) is 5.49. The van der Waals surface area contributed by atoms with E-state index in [9.17, 15) is 4.79 Å². The third-order valence-corrected chi connectivity index (χ3v) is 4.24. The summed E-state index contributed by atoms with van der Waals surface area (Å²) in [5, 5.41) is 6.53. The highest BCUT2D eigenvalue weighted by Crippen LogP contribution is 2.39. The van der Waals surface area contributed by atoms with Crippen LogP contribution in [0.3, 0.4) is 0 Å². The van der Waals surface area contributed by atoms with Crippen molar-refractivity contribution in [2.75, 3.05) is 17.7 Å². The Balaban J connectivity index is 1.92. The second-order valence-electron chi connectivity index (χ2n) is 5.49. The zero-order valence-electron chi connectivity index (χ0n) is 11.3. The number of benzene rings is 1. The summed E-state index contributed by atoms with van der Waals surface area (Å²) in [5.74, 6) is 0.868. The Labute approximate surface area is 113 Å². The maximum atomic E-state index is 12.5. The average Bonchev–Trinajstić information content (AvgIpc) is 2.66. The first-order chi connectivity index (χ1) is 9.23. The molecule has 1 aliphatic carbocycles. The summed E-state index contributed by atoms with van der Waals surface area (Å²) in [6, 6.07) is 5.78. The van der Waals surface area contributed by atoms with Crippen LogP contribution in [-0.4, -0.2) is 18.6 Å². The van der Waals surface area contributed by atoms with Gasteiger partial charge < -0.3 is 15.4 Å². The van der Waals surface area contributed by atoms with Gasteiger partial charge in [0.05, 0.1) is 18.5 Å². The lowest BCUT2D eigenvalue weighted by atomic mass is 9.87. The standard InChI is InChI=1S/C15H20N2O2/c1-19-11-6-7-12-13(10-11)16-14(18)15(17-12)8-4-2-3-5-9-15/h6-7,10,17H,2-5,8-9H2,1H3,(H,16,18). The predicted molar refractivity (Wildman–Crippen MR) is 75.7 cm³/mol.